The third kappa shape index (κ3) is 4.12. The summed E-state index contributed by atoms with van der Waals surface area (Å²) in [6.45, 7) is 2.22. The molecule has 1 saturated heterocycles. The molecular formula is C24H28N6OS. The van der Waals surface area contributed by atoms with E-state index in [2.05, 4.69) is 34.4 Å². The average molecular weight is 449 g/mol. The van der Waals surface area contributed by atoms with Crippen LogP contribution in [0.25, 0.3) is 0 Å². The Hall–Kier alpha value is -2.84. The van der Waals surface area contributed by atoms with Crippen LogP contribution in [0, 0.1) is 0 Å². The van der Waals surface area contributed by atoms with Crippen LogP contribution in [0.5, 0.6) is 0 Å². The quantitative estimate of drug-likeness (QED) is 0.644. The summed E-state index contributed by atoms with van der Waals surface area (Å²) in [7, 11) is 4.04. The lowest BCUT2D eigenvalue weighted by atomic mass is 10.0. The number of thiazole rings is 1. The van der Waals surface area contributed by atoms with Crippen molar-refractivity contribution in [3.8, 4) is 0 Å². The maximum Gasteiger partial charge on any atom is 0.273 e. The molecule has 4 heterocycles. The minimum absolute atomic E-state index is 0.0182. The fourth-order valence-electron chi connectivity index (χ4n) is 4.64. The molecule has 1 amide bonds. The van der Waals surface area contributed by atoms with Gasteiger partial charge in [0.05, 0.1) is 23.3 Å². The van der Waals surface area contributed by atoms with E-state index in [1.54, 1.807) is 11.3 Å². The van der Waals surface area contributed by atoms with Crippen LogP contribution in [0.15, 0.2) is 35.7 Å². The van der Waals surface area contributed by atoms with Crippen LogP contribution in [-0.2, 0) is 19.4 Å². The van der Waals surface area contributed by atoms with E-state index in [9.17, 15) is 4.79 Å². The van der Waals surface area contributed by atoms with Crippen LogP contribution in [0.1, 0.15) is 57.0 Å². The molecule has 8 heteroatoms. The number of carbonyl (C=O) groups is 1. The Kier molecular flexibility index (Phi) is 5.89. The van der Waals surface area contributed by atoms with E-state index in [4.69, 9.17) is 9.97 Å². The summed E-state index contributed by atoms with van der Waals surface area (Å²) in [5, 5.41) is 6.10. The number of nitrogens with zero attached hydrogens (tertiary/aromatic N) is 5. The topological polar surface area (TPSA) is 74.2 Å². The van der Waals surface area contributed by atoms with Crippen molar-refractivity contribution in [3.63, 3.8) is 0 Å². The van der Waals surface area contributed by atoms with Crippen molar-refractivity contribution >= 4 is 23.1 Å². The van der Waals surface area contributed by atoms with E-state index in [0.717, 1.165) is 60.1 Å². The van der Waals surface area contributed by atoms with E-state index in [1.165, 1.54) is 5.56 Å². The molecule has 0 bridgehead atoms. The van der Waals surface area contributed by atoms with Gasteiger partial charge in [0, 0.05) is 31.0 Å². The first kappa shape index (κ1) is 21.0. The summed E-state index contributed by atoms with van der Waals surface area (Å²) in [6, 6.07) is 10.5. The van der Waals surface area contributed by atoms with Crippen molar-refractivity contribution in [1.82, 2.24) is 24.8 Å². The van der Waals surface area contributed by atoms with Gasteiger partial charge in [-0.15, -0.1) is 11.3 Å². The number of benzene rings is 1. The van der Waals surface area contributed by atoms with Crippen LogP contribution >= 0.6 is 11.3 Å². The van der Waals surface area contributed by atoms with Gasteiger partial charge in [-0.05, 0) is 38.4 Å². The molecule has 1 atom stereocenters. The zero-order chi connectivity index (χ0) is 22.1. The number of anilines is 1. The second-order valence-corrected chi connectivity index (χ2v) is 9.45. The molecule has 0 radical (unpaired) electrons. The van der Waals surface area contributed by atoms with E-state index < -0.39 is 0 Å². The summed E-state index contributed by atoms with van der Waals surface area (Å²) >= 11 is 1.55. The van der Waals surface area contributed by atoms with E-state index >= 15 is 0 Å². The minimum atomic E-state index is -0.0182. The summed E-state index contributed by atoms with van der Waals surface area (Å²) < 4.78 is 0. The first-order chi connectivity index (χ1) is 15.6. The average Bonchev–Trinajstić information content (AvgIpc) is 3.47. The number of hydrogen-bond acceptors (Lipinski definition) is 7. The maximum absolute atomic E-state index is 13.2. The molecule has 0 spiro atoms. The van der Waals surface area contributed by atoms with Gasteiger partial charge in [0.15, 0.2) is 0 Å². The SMILES string of the molecule is CNc1nc([C@@H]2CCCN2C)nc2c1CCN(C(=O)c1csc(Cc3ccccc3)n1)C2. The highest BCUT2D eigenvalue weighted by molar-refractivity contribution is 7.09. The van der Waals surface area contributed by atoms with Crippen molar-refractivity contribution in [2.45, 2.75) is 38.3 Å². The Morgan fingerprint density at radius 1 is 1.19 bits per heavy atom. The van der Waals surface area contributed by atoms with Crippen LogP contribution in [0.3, 0.4) is 0 Å². The van der Waals surface area contributed by atoms with Gasteiger partial charge in [-0.2, -0.15) is 0 Å². The second-order valence-electron chi connectivity index (χ2n) is 8.51. The maximum atomic E-state index is 13.2. The van der Waals surface area contributed by atoms with Crippen molar-refractivity contribution < 1.29 is 4.79 Å². The zero-order valence-corrected chi connectivity index (χ0v) is 19.4. The number of rotatable bonds is 5. The van der Waals surface area contributed by atoms with Gasteiger partial charge < -0.3 is 10.2 Å². The number of carbonyl (C=O) groups excluding carboxylic acids is 1. The smallest absolute Gasteiger partial charge is 0.273 e. The van der Waals surface area contributed by atoms with Crippen LogP contribution in [-0.4, -0.2) is 57.8 Å². The Labute approximate surface area is 192 Å². The van der Waals surface area contributed by atoms with Crippen LogP contribution < -0.4 is 5.32 Å². The molecule has 2 aromatic heterocycles. The summed E-state index contributed by atoms with van der Waals surface area (Å²) in [5.74, 6) is 1.74. The molecular weight excluding hydrogens is 420 g/mol. The van der Waals surface area contributed by atoms with Crippen molar-refractivity contribution in [3.05, 3.63) is 69.1 Å². The third-order valence-electron chi connectivity index (χ3n) is 6.39. The monoisotopic (exact) mass is 448 g/mol. The number of aromatic nitrogens is 3. The van der Waals surface area contributed by atoms with E-state index in [0.29, 0.717) is 18.8 Å². The summed E-state index contributed by atoms with van der Waals surface area (Å²) in [6.07, 6.45) is 3.73. The molecule has 32 heavy (non-hydrogen) atoms. The van der Waals surface area contributed by atoms with Gasteiger partial charge in [0.25, 0.3) is 5.91 Å². The molecule has 0 saturated carbocycles. The van der Waals surface area contributed by atoms with Gasteiger partial charge in [0.2, 0.25) is 0 Å². The molecule has 166 valence electrons. The Morgan fingerprint density at radius 2 is 2.03 bits per heavy atom. The Bertz CT molecular complexity index is 1110. The lowest BCUT2D eigenvalue weighted by molar-refractivity contribution is 0.0726. The largest absolute Gasteiger partial charge is 0.373 e. The van der Waals surface area contributed by atoms with Gasteiger partial charge in [-0.25, -0.2) is 15.0 Å². The predicted molar refractivity (Wildman–Crippen MR) is 126 cm³/mol. The first-order valence-electron chi connectivity index (χ1n) is 11.2. The number of fused-ring (bicyclic) bond motifs is 1. The Morgan fingerprint density at radius 3 is 2.78 bits per heavy atom. The van der Waals surface area contributed by atoms with Crippen molar-refractivity contribution in [1.29, 1.82) is 0 Å². The lowest BCUT2D eigenvalue weighted by Gasteiger charge is -2.30. The van der Waals surface area contributed by atoms with Crippen molar-refractivity contribution in [2.75, 3.05) is 32.5 Å². The molecule has 7 nitrogen and oxygen atoms in total. The second kappa shape index (κ2) is 8.96. The summed E-state index contributed by atoms with van der Waals surface area (Å²) in [4.78, 5) is 31.8. The molecule has 1 fully saturated rings. The molecule has 0 aliphatic carbocycles. The highest BCUT2D eigenvalue weighted by Crippen LogP contribution is 2.32. The van der Waals surface area contributed by atoms with Gasteiger partial charge in [-0.3, -0.25) is 9.69 Å². The molecule has 1 N–H and O–H groups in total. The fourth-order valence-corrected chi connectivity index (χ4v) is 5.44. The number of amides is 1. The minimum Gasteiger partial charge on any atom is -0.373 e. The summed E-state index contributed by atoms with van der Waals surface area (Å²) in [5.41, 5.74) is 3.82. The molecule has 2 aliphatic heterocycles. The zero-order valence-electron chi connectivity index (χ0n) is 18.5. The van der Waals surface area contributed by atoms with Gasteiger partial charge in [0.1, 0.15) is 17.3 Å². The molecule has 1 aromatic carbocycles. The fraction of sp³-hybridized carbons (Fsp3) is 0.417. The van der Waals surface area contributed by atoms with Crippen LogP contribution in [0.4, 0.5) is 5.82 Å². The standard InChI is InChI=1S/C24H28N6OS/c1-25-22-17-10-12-30(14-18(17)27-23(28-22)20-9-6-11-29(20)2)24(31)19-15-32-21(26-19)13-16-7-4-3-5-8-16/h3-5,7-8,15,20H,6,9-14H2,1-2H3,(H,25,27,28)/t20-/m0/s1. The van der Waals surface area contributed by atoms with E-state index in [-0.39, 0.29) is 11.9 Å². The first-order valence-corrected chi connectivity index (χ1v) is 12.1. The normalized spacial score (nSPS) is 18.6. The van der Waals surface area contributed by atoms with Gasteiger partial charge >= 0.3 is 0 Å². The molecule has 5 rings (SSSR count). The predicted octanol–water partition coefficient (Wildman–Crippen LogP) is 3.53. The van der Waals surface area contributed by atoms with Crippen LogP contribution in [0.2, 0.25) is 0 Å². The highest BCUT2D eigenvalue weighted by atomic mass is 32.1. The van der Waals surface area contributed by atoms with Crippen molar-refractivity contribution in [2.24, 2.45) is 0 Å². The number of hydrogen-bond donors (Lipinski definition) is 1. The van der Waals surface area contributed by atoms with E-state index in [1.807, 2.05) is 35.5 Å². The Balaban J connectivity index is 1.35. The lowest BCUT2D eigenvalue weighted by Crippen LogP contribution is -2.37. The third-order valence-corrected chi connectivity index (χ3v) is 7.24. The highest BCUT2D eigenvalue weighted by Gasteiger charge is 2.30. The number of likely N-dealkylation sites (tertiary alicyclic amines) is 1. The molecule has 0 unspecified atom stereocenters. The molecule has 2 aliphatic rings. The molecule has 3 aromatic rings. The van der Waals surface area contributed by atoms with Gasteiger partial charge in [-0.1, -0.05) is 30.3 Å². The number of nitrogens with one attached hydrogen (secondary N) is 1.